The Morgan fingerprint density at radius 3 is 2.73 bits per heavy atom. The molecule has 0 bridgehead atoms. The number of pyridine rings is 1. The lowest BCUT2D eigenvalue weighted by molar-refractivity contribution is 1.03. The van der Waals surface area contributed by atoms with Crippen molar-refractivity contribution in [3.63, 3.8) is 0 Å². The van der Waals surface area contributed by atoms with Crippen LogP contribution in [0.3, 0.4) is 0 Å². The zero-order chi connectivity index (χ0) is 8.27. The van der Waals surface area contributed by atoms with Gasteiger partial charge >= 0.3 is 0 Å². The molecule has 0 amide bonds. The second-order valence-electron chi connectivity index (χ2n) is 2.52. The molecule has 0 aliphatic carbocycles. The summed E-state index contributed by atoms with van der Waals surface area (Å²) >= 11 is 5.78. The van der Waals surface area contributed by atoms with Gasteiger partial charge in [0.15, 0.2) is 0 Å². The van der Waals surface area contributed by atoms with E-state index in [1.807, 2.05) is 19.2 Å². The van der Waals surface area contributed by atoms with Crippen molar-refractivity contribution in [3.05, 3.63) is 29.1 Å². The fourth-order valence-corrected chi connectivity index (χ4v) is 1.53. The highest BCUT2D eigenvalue weighted by atomic mass is 35.5. The molecule has 0 spiro atoms. The quantitative estimate of drug-likeness (QED) is 0.621. The molecule has 0 aromatic carbocycles. The van der Waals surface area contributed by atoms with E-state index in [0.29, 0.717) is 5.88 Å². The number of halogens is 1. The van der Waals surface area contributed by atoms with Gasteiger partial charge in [-0.25, -0.2) is 0 Å². The van der Waals surface area contributed by atoms with Crippen LogP contribution in [-0.4, -0.2) is 4.98 Å². The van der Waals surface area contributed by atoms with Crippen molar-refractivity contribution in [2.45, 2.75) is 26.1 Å². The van der Waals surface area contributed by atoms with Crippen molar-refractivity contribution in [1.82, 2.24) is 4.98 Å². The molecule has 0 atom stereocenters. The fourth-order valence-electron chi connectivity index (χ4n) is 1.16. The van der Waals surface area contributed by atoms with Crippen LogP contribution >= 0.6 is 11.6 Å². The van der Waals surface area contributed by atoms with Crippen LogP contribution in [0, 0.1) is 6.92 Å². The van der Waals surface area contributed by atoms with Gasteiger partial charge in [0.25, 0.3) is 0 Å². The Balaban J connectivity index is 3.13. The number of nitrogens with zero attached hydrogens (tertiary/aromatic N) is 1. The molecule has 1 aromatic rings. The zero-order valence-electron chi connectivity index (χ0n) is 6.89. The number of hydrogen-bond acceptors (Lipinski definition) is 1. The van der Waals surface area contributed by atoms with Crippen molar-refractivity contribution in [1.29, 1.82) is 0 Å². The first-order chi connectivity index (χ1) is 5.29. The molecule has 1 rings (SSSR count). The molecule has 0 N–H and O–H groups in total. The summed E-state index contributed by atoms with van der Waals surface area (Å²) in [5.74, 6) is 0.572. The van der Waals surface area contributed by atoms with Gasteiger partial charge < -0.3 is 0 Å². The van der Waals surface area contributed by atoms with Gasteiger partial charge in [-0.2, -0.15) is 0 Å². The highest BCUT2D eigenvalue weighted by molar-refractivity contribution is 6.17. The van der Waals surface area contributed by atoms with E-state index in [1.165, 1.54) is 11.1 Å². The van der Waals surface area contributed by atoms with E-state index in [-0.39, 0.29) is 0 Å². The standard InChI is InChI=1S/C9H12ClN/c1-3-8-4-5-11-7(2)9(8)6-10/h4-5H,3,6H2,1-2H3. The van der Waals surface area contributed by atoms with E-state index >= 15 is 0 Å². The molecule has 11 heavy (non-hydrogen) atoms. The van der Waals surface area contributed by atoms with E-state index in [9.17, 15) is 0 Å². The van der Waals surface area contributed by atoms with Crippen LogP contribution in [0.1, 0.15) is 23.7 Å². The highest BCUT2D eigenvalue weighted by Gasteiger charge is 2.02. The van der Waals surface area contributed by atoms with Crippen LogP contribution in [0.2, 0.25) is 0 Å². The molecule has 1 aromatic heterocycles. The van der Waals surface area contributed by atoms with Crippen molar-refractivity contribution >= 4 is 11.6 Å². The Bertz CT molecular complexity index is 245. The van der Waals surface area contributed by atoms with Gasteiger partial charge in [-0.15, -0.1) is 11.6 Å². The van der Waals surface area contributed by atoms with Gasteiger partial charge in [0.05, 0.1) is 0 Å². The van der Waals surface area contributed by atoms with Gasteiger partial charge in [-0.05, 0) is 30.5 Å². The maximum Gasteiger partial charge on any atom is 0.0494 e. The van der Waals surface area contributed by atoms with E-state index in [0.717, 1.165) is 12.1 Å². The summed E-state index contributed by atoms with van der Waals surface area (Å²) in [6, 6.07) is 2.03. The Kier molecular flexibility index (Phi) is 2.89. The molecule has 1 nitrogen and oxygen atoms in total. The summed E-state index contributed by atoms with van der Waals surface area (Å²) in [5.41, 5.74) is 3.56. The molecular weight excluding hydrogens is 158 g/mol. The van der Waals surface area contributed by atoms with Gasteiger partial charge in [-0.1, -0.05) is 6.92 Å². The van der Waals surface area contributed by atoms with Gasteiger partial charge in [0.1, 0.15) is 0 Å². The van der Waals surface area contributed by atoms with Crippen LogP contribution in [0.4, 0.5) is 0 Å². The molecular formula is C9H12ClN. The molecule has 2 heteroatoms. The first kappa shape index (κ1) is 8.54. The molecule has 0 radical (unpaired) electrons. The maximum atomic E-state index is 5.78. The lowest BCUT2D eigenvalue weighted by Crippen LogP contribution is -1.95. The largest absolute Gasteiger partial charge is 0.261 e. The van der Waals surface area contributed by atoms with Gasteiger partial charge in [-0.3, -0.25) is 4.98 Å². The molecule has 0 unspecified atom stereocenters. The summed E-state index contributed by atoms with van der Waals surface area (Å²) in [7, 11) is 0. The summed E-state index contributed by atoms with van der Waals surface area (Å²) in [5, 5.41) is 0. The SMILES string of the molecule is CCc1ccnc(C)c1CCl. The van der Waals surface area contributed by atoms with Crippen molar-refractivity contribution in [3.8, 4) is 0 Å². The minimum Gasteiger partial charge on any atom is -0.261 e. The predicted molar refractivity (Wildman–Crippen MR) is 47.9 cm³/mol. The smallest absolute Gasteiger partial charge is 0.0494 e. The summed E-state index contributed by atoms with van der Waals surface area (Å²) in [6.45, 7) is 4.13. The molecule has 0 fully saturated rings. The Hall–Kier alpha value is -0.560. The second kappa shape index (κ2) is 3.72. The minimum absolute atomic E-state index is 0.572. The predicted octanol–water partition coefficient (Wildman–Crippen LogP) is 2.69. The molecule has 0 saturated heterocycles. The first-order valence-electron chi connectivity index (χ1n) is 3.79. The van der Waals surface area contributed by atoms with Crippen LogP contribution in [0.5, 0.6) is 0 Å². The van der Waals surface area contributed by atoms with Crippen LogP contribution in [-0.2, 0) is 12.3 Å². The number of hydrogen-bond donors (Lipinski definition) is 0. The average molecular weight is 170 g/mol. The third kappa shape index (κ3) is 1.72. The monoisotopic (exact) mass is 169 g/mol. The fraction of sp³-hybridized carbons (Fsp3) is 0.444. The lowest BCUT2D eigenvalue weighted by atomic mass is 10.1. The van der Waals surface area contributed by atoms with Crippen molar-refractivity contribution in [2.75, 3.05) is 0 Å². The Morgan fingerprint density at radius 2 is 2.27 bits per heavy atom. The Labute approximate surface area is 72.4 Å². The van der Waals surface area contributed by atoms with Crippen LogP contribution in [0.25, 0.3) is 0 Å². The normalized spacial score (nSPS) is 10.1. The van der Waals surface area contributed by atoms with Crippen LogP contribution < -0.4 is 0 Å². The topological polar surface area (TPSA) is 12.9 Å². The summed E-state index contributed by atoms with van der Waals surface area (Å²) < 4.78 is 0. The average Bonchev–Trinajstić information content (AvgIpc) is 2.04. The van der Waals surface area contributed by atoms with Gasteiger partial charge in [0.2, 0.25) is 0 Å². The van der Waals surface area contributed by atoms with Crippen molar-refractivity contribution < 1.29 is 0 Å². The van der Waals surface area contributed by atoms with Crippen LogP contribution in [0.15, 0.2) is 12.3 Å². The third-order valence-electron chi connectivity index (χ3n) is 1.88. The van der Waals surface area contributed by atoms with Gasteiger partial charge in [0, 0.05) is 17.8 Å². The zero-order valence-corrected chi connectivity index (χ0v) is 7.65. The molecule has 1 heterocycles. The van der Waals surface area contributed by atoms with E-state index in [2.05, 4.69) is 11.9 Å². The lowest BCUT2D eigenvalue weighted by Gasteiger charge is -2.05. The number of rotatable bonds is 2. The Morgan fingerprint density at radius 1 is 1.55 bits per heavy atom. The summed E-state index contributed by atoms with van der Waals surface area (Å²) in [6.07, 6.45) is 2.87. The maximum absolute atomic E-state index is 5.78. The van der Waals surface area contributed by atoms with Crippen molar-refractivity contribution in [2.24, 2.45) is 0 Å². The molecule has 0 aliphatic heterocycles. The molecule has 0 saturated carbocycles. The number of aryl methyl sites for hydroxylation is 2. The van der Waals surface area contributed by atoms with E-state index in [1.54, 1.807) is 0 Å². The minimum atomic E-state index is 0.572. The van der Waals surface area contributed by atoms with E-state index < -0.39 is 0 Å². The third-order valence-corrected chi connectivity index (χ3v) is 2.15. The number of alkyl halides is 1. The number of aromatic nitrogens is 1. The van der Waals surface area contributed by atoms with E-state index in [4.69, 9.17) is 11.6 Å². The highest BCUT2D eigenvalue weighted by Crippen LogP contribution is 2.14. The molecule has 0 aliphatic rings. The second-order valence-corrected chi connectivity index (χ2v) is 2.79. The molecule has 60 valence electrons. The summed E-state index contributed by atoms with van der Waals surface area (Å²) in [4.78, 5) is 4.17. The first-order valence-corrected chi connectivity index (χ1v) is 4.32.